The Labute approximate surface area is 49.2 Å². The van der Waals surface area contributed by atoms with E-state index in [0.717, 1.165) is 0 Å². The number of fused-ring (bicyclic) bond motifs is 1. The van der Waals surface area contributed by atoms with Crippen molar-refractivity contribution < 1.29 is 0 Å². The van der Waals surface area contributed by atoms with Crippen molar-refractivity contribution in [2.24, 2.45) is 0 Å². The molecule has 0 heterocycles. The Bertz CT molecular complexity index is 192. The maximum Gasteiger partial charge on any atom is -0.0238 e. The number of hydrogen-bond donors (Lipinski definition) is 0. The van der Waals surface area contributed by atoms with E-state index >= 15 is 0 Å². The van der Waals surface area contributed by atoms with E-state index in [-0.39, 0.29) is 0 Å². The molecule has 0 bridgehead atoms. The first-order valence-electron chi connectivity index (χ1n) is 3.04. The second-order valence-corrected chi connectivity index (χ2v) is 2.25. The van der Waals surface area contributed by atoms with E-state index in [0.29, 0.717) is 0 Å². The molecule has 0 aromatic carbocycles. The van der Waals surface area contributed by atoms with Crippen molar-refractivity contribution in [1.29, 1.82) is 0 Å². The third kappa shape index (κ3) is 0.401. The Kier molecular flexibility index (Phi) is 0.696. The summed E-state index contributed by atoms with van der Waals surface area (Å²) in [6, 6.07) is 0. The van der Waals surface area contributed by atoms with Crippen LogP contribution in [0.5, 0.6) is 0 Å². The number of hydrogen-bond acceptors (Lipinski definition) is 0. The lowest BCUT2D eigenvalue weighted by Gasteiger charge is -1.88. The maximum absolute atomic E-state index is 2.30. The average Bonchev–Trinajstić information content (AvgIpc) is 2.15. The first-order valence-corrected chi connectivity index (χ1v) is 3.04. The molecule has 0 amide bonds. The van der Waals surface area contributed by atoms with Crippen molar-refractivity contribution in [3.05, 3.63) is 35.5 Å². The van der Waals surface area contributed by atoms with Gasteiger partial charge in [-0.2, -0.15) is 0 Å². The molecule has 0 unspecified atom stereocenters. The minimum atomic E-state index is 1.26. The van der Waals surface area contributed by atoms with E-state index in [9.17, 15) is 0 Å². The normalized spacial score (nSPS) is 23.0. The number of rotatable bonds is 0. The molecule has 2 rings (SSSR count). The summed E-state index contributed by atoms with van der Waals surface area (Å²) in [5, 5.41) is 0. The molecule has 0 radical (unpaired) electrons. The van der Waals surface area contributed by atoms with Gasteiger partial charge in [0, 0.05) is 0 Å². The van der Waals surface area contributed by atoms with Crippen LogP contribution in [0.4, 0.5) is 0 Å². The fraction of sp³-hybridized carbons (Fsp3) is 0.250. The molecule has 0 heteroatoms. The van der Waals surface area contributed by atoms with Crippen molar-refractivity contribution in [3.63, 3.8) is 0 Å². The Morgan fingerprint density at radius 1 is 1.38 bits per heavy atom. The van der Waals surface area contributed by atoms with Crippen LogP contribution in [-0.4, -0.2) is 0 Å². The van der Waals surface area contributed by atoms with Gasteiger partial charge in [0.1, 0.15) is 0 Å². The first-order chi connectivity index (χ1) is 3.97. The molecule has 8 heavy (non-hydrogen) atoms. The zero-order chi connectivity index (χ0) is 5.40. The molecule has 0 aromatic heterocycles. The fourth-order valence-corrected chi connectivity index (χ4v) is 1.28. The molecular formula is C8H8. The van der Waals surface area contributed by atoms with Gasteiger partial charge < -0.3 is 0 Å². The standard InChI is InChI=1S/C8H8/c1-3-7-5-2-6-8(7)4-1/h1,3-5H,2,6H2. The lowest BCUT2D eigenvalue weighted by Crippen LogP contribution is -1.69. The molecule has 2 aliphatic rings. The molecular weight excluding hydrogens is 96.1 g/mol. The van der Waals surface area contributed by atoms with Crippen LogP contribution in [0.25, 0.3) is 0 Å². The molecule has 40 valence electrons. The van der Waals surface area contributed by atoms with Crippen molar-refractivity contribution in [1.82, 2.24) is 0 Å². The van der Waals surface area contributed by atoms with Crippen LogP contribution < -0.4 is 0 Å². The summed E-state index contributed by atoms with van der Waals surface area (Å²) in [5.74, 6) is 0. The largest absolute Gasteiger partial charge is 0.0767 e. The van der Waals surface area contributed by atoms with E-state index in [1.54, 1.807) is 0 Å². The molecule has 0 N–H and O–H groups in total. The predicted molar refractivity (Wildman–Crippen MR) is 34.5 cm³/mol. The monoisotopic (exact) mass is 104 g/mol. The van der Waals surface area contributed by atoms with Gasteiger partial charge in [-0.1, -0.05) is 24.3 Å². The van der Waals surface area contributed by atoms with Gasteiger partial charge in [-0.3, -0.25) is 0 Å². The third-order valence-electron chi connectivity index (χ3n) is 1.72. The quantitative estimate of drug-likeness (QED) is 0.442. The lowest BCUT2D eigenvalue weighted by atomic mass is 10.2. The number of allylic oxidation sites excluding steroid dienone is 6. The summed E-state index contributed by atoms with van der Waals surface area (Å²) in [7, 11) is 0. The minimum absolute atomic E-state index is 1.26. The maximum atomic E-state index is 2.30. The highest BCUT2D eigenvalue weighted by molar-refractivity contribution is 5.50. The fourth-order valence-electron chi connectivity index (χ4n) is 1.28. The average molecular weight is 104 g/mol. The lowest BCUT2D eigenvalue weighted by molar-refractivity contribution is 1.06. The summed E-state index contributed by atoms with van der Waals surface area (Å²) >= 11 is 0. The van der Waals surface area contributed by atoms with Crippen LogP contribution in [0.1, 0.15) is 12.8 Å². The van der Waals surface area contributed by atoms with Gasteiger partial charge in [-0.05, 0) is 24.0 Å². The van der Waals surface area contributed by atoms with Gasteiger partial charge in [0.25, 0.3) is 0 Å². The molecule has 0 aliphatic heterocycles. The van der Waals surface area contributed by atoms with Crippen molar-refractivity contribution in [3.8, 4) is 0 Å². The molecule has 0 atom stereocenters. The zero-order valence-corrected chi connectivity index (χ0v) is 4.72. The van der Waals surface area contributed by atoms with E-state index < -0.39 is 0 Å². The predicted octanol–water partition coefficient (Wildman–Crippen LogP) is 2.20. The van der Waals surface area contributed by atoms with Crippen LogP contribution in [0.3, 0.4) is 0 Å². The second-order valence-electron chi connectivity index (χ2n) is 2.25. The molecule has 2 aliphatic carbocycles. The van der Waals surface area contributed by atoms with Gasteiger partial charge in [0.15, 0.2) is 0 Å². The summed E-state index contributed by atoms with van der Waals surface area (Å²) in [4.78, 5) is 0. The van der Waals surface area contributed by atoms with Gasteiger partial charge >= 0.3 is 0 Å². The molecule has 0 saturated heterocycles. The van der Waals surface area contributed by atoms with E-state index in [1.807, 2.05) is 0 Å². The summed E-state index contributed by atoms with van der Waals surface area (Å²) < 4.78 is 0. The molecule has 0 aromatic rings. The van der Waals surface area contributed by atoms with E-state index in [2.05, 4.69) is 24.3 Å². The van der Waals surface area contributed by atoms with Gasteiger partial charge in [0.2, 0.25) is 0 Å². The molecule has 0 fully saturated rings. The summed E-state index contributed by atoms with van der Waals surface area (Å²) in [5.41, 5.74) is 3.00. The Hall–Kier alpha value is -0.780. The van der Waals surface area contributed by atoms with Crippen LogP contribution in [0.2, 0.25) is 0 Å². The first kappa shape index (κ1) is 4.13. The smallest absolute Gasteiger partial charge is 0.0238 e. The second kappa shape index (κ2) is 1.35. The van der Waals surface area contributed by atoms with E-state index in [1.165, 1.54) is 24.0 Å². The topological polar surface area (TPSA) is 0 Å². The van der Waals surface area contributed by atoms with Gasteiger partial charge in [-0.25, -0.2) is 0 Å². The highest BCUT2D eigenvalue weighted by Crippen LogP contribution is 2.29. The summed E-state index contributed by atoms with van der Waals surface area (Å²) in [6.07, 6.45) is 11.3. The van der Waals surface area contributed by atoms with E-state index in [4.69, 9.17) is 0 Å². The van der Waals surface area contributed by atoms with Crippen LogP contribution >= 0.6 is 0 Å². The Balaban J connectivity index is 2.49. The summed E-state index contributed by atoms with van der Waals surface area (Å²) in [6.45, 7) is 0. The highest BCUT2D eigenvalue weighted by atomic mass is 14.1. The van der Waals surface area contributed by atoms with Crippen molar-refractivity contribution in [2.45, 2.75) is 12.8 Å². The zero-order valence-electron chi connectivity index (χ0n) is 4.72. The SMILES string of the molecule is C1=CC2=CCCC2=C1. The Morgan fingerprint density at radius 2 is 2.38 bits per heavy atom. The third-order valence-corrected chi connectivity index (χ3v) is 1.72. The van der Waals surface area contributed by atoms with Gasteiger partial charge in [0.05, 0.1) is 0 Å². The van der Waals surface area contributed by atoms with Crippen LogP contribution in [0, 0.1) is 0 Å². The minimum Gasteiger partial charge on any atom is -0.0767 e. The molecule has 0 spiro atoms. The molecule has 0 saturated carbocycles. The molecule has 0 nitrogen and oxygen atoms in total. The van der Waals surface area contributed by atoms with Crippen molar-refractivity contribution in [2.75, 3.05) is 0 Å². The van der Waals surface area contributed by atoms with Crippen molar-refractivity contribution >= 4 is 0 Å². The highest BCUT2D eigenvalue weighted by Gasteiger charge is 2.09. The Morgan fingerprint density at radius 3 is 3.25 bits per heavy atom. The van der Waals surface area contributed by atoms with Crippen LogP contribution in [-0.2, 0) is 0 Å². The van der Waals surface area contributed by atoms with Crippen LogP contribution in [0.15, 0.2) is 35.5 Å². The van der Waals surface area contributed by atoms with Gasteiger partial charge in [-0.15, -0.1) is 0 Å².